The Labute approximate surface area is 71.1 Å². The largest absolute Gasteiger partial charge is 0.750 e. The van der Waals surface area contributed by atoms with Crippen LogP contribution in [0.5, 0.6) is 0 Å². The van der Waals surface area contributed by atoms with E-state index in [0.29, 0.717) is 5.23 Å². The summed E-state index contributed by atoms with van der Waals surface area (Å²) in [5.41, 5.74) is 0. The standard InChI is InChI=1S/C7H13N2O3/c1-6-4-2-3-5-7(6)9(11)12-8-10/h6-7H,2-5H2,1H3/q-1. The number of hydroxylamine groups is 2. The van der Waals surface area contributed by atoms with Crippen LogP contribution < -0.4 is 0 Å². The molecule has 0 heterocycles. The van der Waals surface area contributed by atoms with Gasteiger partial charge in [0.2, 0.25) is 0 Å². The Kier molecular flexibility index (Phi) is 3.43. The Morgan fingerprint density at radius 3 is 2.75 bits per heavy atom. The van der Waals surface area contributed by atoms with E-state index >= 15 is 0 Å². The van der Waals surface area contributed by atoms with E-state index in [4.69, 9.17) is 0 Å². The van der Waals surface area contributed by atoms with Gasteiger partial charge in [-0.3, -0.25) is 4.94 Å². The van der Waals surface area contributed by atoms with Crippen LogP contribution in [0.3, 0.4) is 0 Å². The third-order valence-corrected chi connectivity index (χ3v) is 2.45. The van der Waals surface area contributed by atoms with Gasteiger partial charge in [0, 0.05) is 6.04 Å². The highest BCUT2D eigenvalue weighted by Crippen LogP contribution is 2.27. The normalized spacial score (nSPS) is 30.2. The molecule has 1 rings (SSSR count). The van der Waals surface area contributed by atoms with Crippen molar-refractivity contribution in [2.75, 3.05) is 0 Å². The number of hydrogen-bond donors (Lipinski definition) is 0. The first-order valence-corrected chi connectivity index (χ1v) is 4.22. The molecular weight excluding hydrogens is 160 g/mol. The van der Waals surface area contributed by atoms with E-state index in [-0.39, 0.29) is 12.0 Å². The number of hydrogen-bond acceptors (Lipinski definition) is 5. The van der Waals surface area contributed by atoms with E-state index in [1.807, 2.05) is 6.92 Å². The first-order chi connectivity index (χ1) is 5.75. The highest BCUT2D eigenvalue weighted by molar-refractivity contribution is 4.77. The van der Waals surface area contributed by atoms with E-state index < -0.39 is 0 Å². The lowest BCUT2D eigenvalue weighted by molar-refractivity contribution is -0.167. The summed E-state index contributed by atoms with van der Waals surface area (Å²) in [7, 11) is 0. The fraction of sp³-hybridized carbons (Fsp3) is 1.00. The van der Waals surface area contributed by atoms with Crippen molar-refractivity contribution < 1.29 is 4.94 Å². The Morgan fingerprint density at radius 2 is 2.17 bits per heavy atom. The van der Waals surface area contributed by atoms with Gasteiger partial charge in [-0.1, -0.05) is 19.8 Å². The summed E-state index contributed by atoms with van der Waals surface area (Å²) < 4.78 is 0. The van der Waals surface area contributed by atoms with Crippen molar-refractivity contribution in [3.8, 4) is 0 Å². The molecule has 5 nitrogen and oxygen atoms in total. The van der Waals surface area contributed by atoms with Crippen LogP contribution in [0.2, 0.25) is 0 Å². The maximum absolute atomic E-state index is 11.0. The number of nitrogens with zero attached hydrogens (tertiary/aromatic N) is 2. The first-order valence-electron chi connectivity index (χ1n) is 4.22. The van der Waals surface area contributed by atoms with Crippen molar-refractivity contribution in [1.29, 1.82) is 0 Å². The molecule has 0 amide bonds. The third-order valence-electron chi connectivity index (χ3n) is 2.45. The maximum atomic E-state index is 11.0. The lowest BCUT2D eigenvalue weighted by Gasteiger charge is -2.38. The molecule has 0 aromatic rings. The van der Waals surface area contributed by atoms with Crippen LogP contribution in [0.25, 0.3) is 0 Å². The Morgan fingerprint density at radius 1 is 1.50 bits per heavy atom. The fourth-order valence-electron chi connectivity index (χ4n) is 1.70. The van der Waals surface area contributed by atoms with Crippen molar-refractivity contribution in [3.63, 3.8) is 0 Å². The zero-order valence-corrected chi connectivity index (χ0v) is 7.10. The van der Waals surface area contributed by atoms with Gasteiger partial charge in [-0.05, 0) is 18.8 Å². The summed E-state index contributed by atoms with van der Waals surface area (Å²) in [4.78, 5) is 13.6. The summed E-state index contributed by atoms with van der Waals surface area (Å²) in [5.74, 6) is 0.290. The smallest absolute Gasteiger partial charge is 0.175 e. The number of rotatable bonds is 3. The van der Waals surface area contributed by atoms with Crippen LogP contribution in [0.1, 0.15) is 32.6 Å². The summed E-state index contributed by atoms with van der Waals surface area (Å²) >= 11 is 0. The van der Waals surface area contributed by atoms with Crippen molar-refractivity contribution in [2.45, 2.75) is 38.6 Å². The van der Waals surface area contributed by atoms with Gasteiger partial charge in [0.25, 0.3) is 0 Å². The predicted octanol–water partition coefficient (Wildman–Crippen LogP) is 1.98. The molecule has 2 atom stereocenters. The summed E-state index contributed by atoms with van der Waals surface area (Å²) in [6.45, 7) is 1.99. The van der Waals surface area contributed by atoms with Crippen molar-refractivity contribution >= 4 is 0 Å². The molecule has 5 heteroatoms. The first kappa shape index (κ1) is 9.41. The molecule has 0 aromatic carbocycles. The summed E-state index contributed by atoms with van der Waals surface area (Å²) in [6.07, 6.45) is 3.99. The van der Waals surface area contributed by atoms with E-state index in [0.717, 1.165) is 25.7 Å². The zero-order chi connectivity index (χ0) is 8.97. The molecule has 1 saturated carbocycles. The SMILES string of the molecule is CC1CCCCC1N([O-])ON=O. The topological polar surface area (TPSA) is 65.0 Å². The van der Waals surface area contributed by atoms with Gasteiger partial charge in [0.15, 0.2) is 5.34 Å². The van der Waals surface area contributed by atoms with Crippen molar-refractivity contribution in [1.82, 2.24) is 5.23 Å². The highest BCUT2D eigenvalue weighted by atomic mass is 17.0. The van der Waals surface area contributed by atoms with Crippen LogP contribution >= 0.6 is 0 Å². The van der Waals surface area contributed by atoms with Gasteiger partial charge in [-0.25, -0.2) is 0 Å². The van der Waals surface area contributed by atoms with E-state index in [9.17, 15) is 10.1 Å². The molecule has 2 unspecified atom stereocenters. The van der Waals surface area contributed by atoms with Gasteiger partial charge in [0.05, 0.1) is 0 Å². The van der Waals surface area contributed by atoms with Gasteiger partial charge < -0.3 is 5.21 Å². The minimum absolute atomic E-state index is 0.198. The summed E-state index contributed by atoms with van der Waals surface area (Å²) in [6, 6.07) is -0.198. The molecule has 0 bridgehead atoms. The monoisotopic (exact) mass is 173 g/mol. The lowest BCUT2D eigenvalue weighted by Crippen LogP contribution is -2.36. The second-order valence-corrected chi connectivity index (χ2v) is 3.27. The van der Waals surface area contributed by atoms with E-state index in [2.05, 4.69) is 10.3 Å². The molecule has 0 aliphatic heterocycles. The summed E-state index contributed by atoms with van der Waals surface area (Å²) in [5, 5.41) is 13.4. The molecule has 1 aliphatic carbocycles. The quantitative estimate of drug-likeness (QED) is 0.483. The molecule has 1 aliphatic rings. The molecule has 0 radical (unpaired) electrons. The maximum Gasteiger partial charge on any atom is 0.175 e. The highest BCUT2D eigenvalue weighted by Gasteiger charge is 2.23. The van der Waals surface area contributed by atoms with Crippen LogP contribution in [0.4, 0.5) is 0 Å². The minimum atomic E-state index is -0.198. The van der Waals surface area contributed by atoms with Gasteiger partial charge in [-0.2, -0.15) is 5.23 Å². The minimum Gasteiger partial charge on any atom is -0.750 e. The van der Waals surface area contributed by atoms with Crippen molar-refractivity contribution in [2.24, 2.45) is 11.3 Å². The Hall–Kier alpha value is -0.680. The van der Waals surface area contributed by atoms with Gasteiger partial charge in [0.1, 0.15) is 0 Å². The lowest BCUT2D eigenvalue weighted by atomic mass is 9.86. The van der Waals surface area contributed by atoms with Gasteiger partial charge in [-0.15, -0.1) is 4.91 Å². The van der Waals surface area contributed by atoms with Crippen molar-refractivity contribution in [3.05, 3.63) is 10.1 Å². The van der Waals surface area contributed by atoms with Crippen LogP contribution in [0, 0.1) is 16.0 Å². The molecular formula is C7H13N2O3-. The average molecular weight is 173 g/mol. The Balaban J connectivity index is 2.41. The predicted molar refractivity (Wildman–Crippen MR) is 43.5 cm³/mol. The molecule has 70 valence electrons. The second-order valence-electron chi connectivity index (χ2n) is 3.27. The van der Waals surface area contributed by atoms with E-state index in [1.165, 1.54) is 0 Å². The van der Waals surface area contributed by atoms with E-state index in [1.54, 1.807) is 0 Å². The molecule has 0 spiro atoms. The average Bonchev–Trinajstić information content (AvgIpc) is 2.05. The zero-order valence-electron chi connectivity index (χ0n) is 7.10. The Bertz CT molecular complexity index is 154. The fourth-order valence-corrected chi connectivity index (χ4v) is 1.70. The molecule has 1 fully saturated rings. The third kappa shape index (κ3) is 2.15. The molecule has 0 saturated heterocycles. The molecule has 0 N–H and O–H groups in total. The molecule has 12 heavy (non-hydrogen) atoms. The van der Waals surface area contributed by atoms with Crippen LogP contribution in [0.15, 0.2) is 5.34 Å². The van der Waals surface area contributed by atoms with Gasteiger partial charge >= 0.3 is 0 Å². The van der Waals surface area contributed by atoms with Crippen LogP contribution in [-0.2, 0) is 4.94 Å². The van der Waals surface area contributed by atoms with Crippen LogP contribution in [-0.4, -0.2) is 11.3 Å². The molecule has 0 aromatic heterocycles. The second kappa shape index (κ2) is 4.37.